The van der Waals surface area contributed by atoms with E-state index in [9.17, 15) is 28.0 Å². The Morgan fingerprint density at radius 1 is 0.773 bits per heavy atom. The summed E-state index contributed by atoms with van der Waals surface area (Å²) in [5.41, 5.74) is -0.777. The lowest BCUT2D eigenvalue weighted by atomic mass is 10.0. The molecule has 4 N–H and O–H groups in total. The van der Waals surface area contributed by atoms with Crippen LogP contribution in [0.15, 0.2) is 0 Å². The van der Waals surface area contributed by atoms with Crippen molar-refractivity contribution in [3.8, 4) is 0 Å². The van der Waals surface area contributed by atoms with Crippen molar-refractivity contribution in [2.75, 3.05) is 13.3 Å². The van der Waals surface area contributed by atoms with E-state index in [1.807, 2.05) is 0 Å². The van der Waals surface area contributed by atoms with Gasteiger partial charge < -0.3 is 19.6 Å². The Hall–Kier alpha value is 0.600. The average molecular weight is 406 g/mol. The minimum atomic E-state index is -5.60. The number of phosphoric ester groups is 1. The molecule has 0 spiro atoms. The summed E-state index contributed by atoms with van der Waals surface area (Å²) in [6.07, 6.45) is -0.568. The van der Waals surface area contributed by atoms with Crippen LogP contribution in [0, 0.1) is 5.41 Å². The summed E-state index contributed by atoms with van der Waals surface area (Å²) in [6.45, 7) is 4.59. The smallest absolute Gasteiger partial charge is 0.324 e. The van der Waals surface area contributed by atoms with Crippen molar-refractivity contribution >= 4 is 31.1 Å². The zero-order valence-corrected chi connectivity index (χ0v) is 15.6. The fourth-order valence-corrected chi connectivity index (χ4v) is 6.96. The van der Waals surface area contributed by atoms with Crippen LogP contribution in [0.4, 0.5) is 0 Å². The maximum Gasteiger partial charge on any atom is 0.490 e. The van der Waals surface area contributed by atoms with Gasteiger partial charge in [-0.3, -0.25) is 9.09 Å². The molecule has 16 heteroatoms. The van der Waals surface area contributed by atoms with Crippen LogP contribution in [-0.4, -0.2) is 32.8 Å². The summed E-state index contributed by atoms with van der Waals surface area (Å²) in [6, 6.07) is 0. The average Bonchev–Trinajstić information content (AvgIpc) is 2.06. The second-order valence-corrected chi connectivity index (χ2v) is 11.9. The zero-order valence-electron chi connectivity index (χ0n) is 12.1. The second-order valence-electron chi connectivity index (χ2n) is 5.19. The van der Waals surface area contributed by atoms with E-state index in [1.54, 1.807) is 0 Å². The molecular formula is C6H18O12P4. The quantitative estimate of drug-likeness (QED) is 0.431. The Balaban J connectivity index is 5.05. The Morgan fingerprint density at radius 2 is 1.14 bits per heavy atom. The lowest BCUT2D eigenvalue weighted by molar-refractivity contribution is 0.190. The van der Waals surface area contributed by atoms with E-state index < -0.39 is 42.6 Å². The molecule has 0 radical (unpaired) electrons. The van der Waals surface area contributed by atoms with Crippen molar-refractivity contribution in [2.24, 2.45) is 5.41 Å². The zero-order chi connectivity index (χ0) is 18.0. The summed E-state index contributed by atoms with van der Waals surface area (Å²) in [4.78, 5) is 36.5. The predicted octanol–water partition coefficient (Wildman–Crippen LogP) is 2.22. The van der Waals surface area contributed by atoms with Crippen LogP contribution in [0.5, 0.6) is 0 Å². The summed E-state index contributed by atoms with van der Waals surface area (Å²) < 4.78 is 60.4. The topological polar surface area (TPSA) is 186 Å². The van der Waals surface area contributed by atoms with Gasteiger partial charge in [-0.25, -0.2) is 18.0 Å². The van der Waals surface area contributed by atoms with Gasteiger partial charge in [0.2, 0.25) is 0 Å². The van der Waals surface area contributed by atoms with E-state index in [1.165, 1.54) is 20.8 Å². The normalized spacial score (nSPS) is 23.8. The van der Waals surface area contributed by atoms with Crippen LogP contribution in [0.1, 0.15) is 20.8 Å². The highest BCUT2D eigenvalue weighted by Gasteiger charge is 2.45. The summed E-state index contributed by atoms with van der Waals surface area (Å²) in [5, 5.41) is 0. The molecule has 0 aliphatic rings. The Kier molecular flexibility index (Phi) is 7.43. The third kappa shape index (κ3) is 10.4. The van der Waals surface area contributed by atoms with Crippen LogP contribution in [0.25, 0.3) is 0 Å². The summed E-state index contributed by atoms with van der Waals surface area (Å²) in [5.74, 6) is 0. The van der Waals surface area contributed by atoms with E-state index in [0.29, 0.717) is 7.11 Å². The molecule has 22 heavy (non-hydrogen) atoms. The lowest BCUT2D eigenvalue weighted by Gasteiger charge is -2.23. The van der Waals surface area contributed by atoms with E-state index in [4.69, 9.17) is 9.79 Å². The fraction of sp³-hybridized carbons (Fsp3) is 1.00. The number of rotatable bonds is 8. The monoisotopic (exact) mass is 406 g/mol. The van der Waals surface area contributed by atoms with Gasteiger partial charge in [0.25, 0.3) is 0 Å². The molecule has 0 aliphatic carbocycles. The SMILES string of the molecule is COP(=O)(O)OP(=O)(O)OP(=O)(O)OP(=O)(O)CC(C)(C)C. The lowest BCUT2D eigenvalue weighted by Crippen LogP contribution is -2.12. The second kappa shape index (κ2) is 7.23. The summed E-state index contributed by atoms with van der Waals surface area (Å²) >= 11 is 0. The largest absolute Gasteiger partial charge is 0.490 e. The van der Waals surface area contributed by atoms with Gasteiger partial charge in [-0.2, -0.15) is 8.62 Å². The van der Waals surface area contributed by atoms with Gasteiger partial charge in [-0.05, 0) is 5.41 Å². The van der Waals surface area contributed by atoms with Crippen molar-refractivity contribution in [3.05, 3.63) is 0 Å². The highest BCUT2D eigenvalue weighted by Crippen LogP contribution is 2.71. The van der Waals surface area contributed by atoms with E-state index in [0.717, 1.165) is 0 Å². The van der Waals surface area contributed by atoms with E-state index >= 15 is 0 Å². The van der Waals surface area contributed by atoms with Gasteiger partial charge in [0.05, 0.1) is 6.16 Å². The van der Waals surface area contributed by atoms with Gasteiger partial charge in [0, 0.05) is 7.11 Å². The molecule has 0 amide bonds. The Bertz CT molecular complexity index is 577. The third-order valence-corrected chi connectivity index (χ3v) is 8.51. The molecule has 134 valence electrons. The third-order valence-electron chi connectivity index (χ3n) is 1.55. The van der Waals surface area contributed by atoms with Crippen molar-refractivity contribution in [1.29, 1.82) is 0 Å². The first-order valence-electron chi connectivity index (χ1n) is 5.39. The summed E-state index contributed by atoms with van der Waals surface area (Å²) in [7, 11) is -20.2. The van der Waals surface area contributed by atoms with Gasteiger partial charge in [-0.1, -0.05) is 20.8 Å². The Morgan fingerprint density at radius 3 is 1.50 bits per heavy atom. The Labute approximate surface area is 126 Å². The molecule has 4 atom stereocenters. The molecular weight excluding hydrogens is 388 g/mol. The van der Waals surface area contributed by atoms with E-state index in [-0.39, 0.29) is 0 Å². The molecule has 0 fully saturated rings. The highest BCUT2D eigenvalue weighted by molar-refractivity contribution is 7.70. The molecule has 0 bridgehead atoms. The molecule has 0 aromatic carbocycles. The molecule has 0 aromatic rings. The van der Waals surface area contributed by atoms with Crippen LogP contribution in [-0.2, 0) is 35.7 Å². The first-order valence-corrected chi connectivity index (χ1v) is 11.6. The van der Waals surface area contributed by atoms with Crippen molar-refractivity contribution < 1.29 is 55.3 Å². The first-order chi connectivity index (χ1) is 9.39. The standard InChI is InChI=1S/C6H18O12P4/c1-6(2,3)5-19(7,8)16-21(11,12)18-22(13,14)17-20(9,10)15-4/h5H2,1-4H3,(H,7,8)(H,9,10)(H,11,12)(H,13,14). The van der Waals surface area contributed by atoms with Gasteiger partial charge in [0.15, 0.2) is 0 Å². The maximum atomic E-state index is 11.7. The van der Waals surface area contributed by atoms with Crippen LogP contribution < -0.4 is 0 Å². The number of hydrogen-bond donors (Lipinski definition) is 4. The van der Waals surface area contributed by atoms with Gasteiger partial charge in [-0.15, -0.1) is 0 Å². The minimum Gasteiger partial charge on any atom is -0.324 e. The molecule has 0 aromatic heterocycles. The molecule has 0 rings (SSSR count). The maximum absolute atomic E-state index is 11.7. The highest BCUT2D eigenvalue weighted by atomic mass is 31.3. The van der Waals surface area contributed by atoms with Crippen molar-refractivity contribution in [1.82, 2.24) is 0 Å². The minimum absolute atomic E-state index is 0.568. The van der Waals surface area contributed by atoms with Crippen molar-refractivity contribution in [2.45, 2.75) is 20.8 Å². The first kappa shape index (κ1) is 22.6. The van der Waals surface area contributed by atoms with Crippen molar-refractivity contribution in [3.63, 3.8) is 0 Å². The van der Waals surface area contributed by atoms with Crippen LogP contribution in [0.2, 0.25) is 0 Å². The van der Waals surface area contributed by atoms with Crippen LogP contribution in [0.3, 0.4) is 0 Å². The van der Waals surface area contributed by atoms with E-state index in [2.05, 4.69) is 17.5 Å². The molecule has 0 saturated carbocycles. The molecule has 0 heterocycles. The molecule has 12 nitrogen and oxygen atoms in total. The van der Waals surface area contributed by atoms with Gasteiger partial charge >= 0.3 is 31.1 Å². The predicted molar refractivity (Wildman–Crippen MR) is 73.9 cm³/mol. The molecule has 0 saturated heterocycles. The fourth-order valence-electron chi connectivity index (χ4n) is 1.11. The number of hydrogen-bond acceptors (Lipinski definition) is 8. The van der Waals surface area contributed by atoms with Crippen LogP contribution >= 0.6 is 31.1 Å². The molecule has 0 aliphatic heterocycles. The number of phosphoric acid groups is 3. The molecule has 4 unspecified atom stereocenters. The van der Waals surface area contributed by atoms with Gasteiger partial charge in [0.1, 0.15) is 0 Å².